The third kappa shape index (κ3) is 6.53. The summed E-state index contributed by atoms with van der Waals surface area (Å²) in [6.07, 6.45) is 1.00. The van der Waals surface area contributed by atoms with Crippen molar-refractivity contribution < 1.29 is 9.53 Å². The van der Waals surface area contributed by atoms with Crippen molar-refractivity contribution >= 4 is 8.32 Å². The zero-order valence-corrected chi connectivity index (χ0v) is 9.05. The third-order valence-corrected chi connectivity index (χ3v) is 2.62. The van der Waals surface area contributed by atoms with Crippen molar-refractivity contribution in [1.82, 2.24) is 0 Å². The van der Waals surface area contributed by atoms with Crippen molar-refractivity contribution in [2.45, 2.75) is 33.0 Å². The molecule has 0 aromatic rings. The van der Waals surface area contributed by atoms with Crippen molar-refractivity contribution in [2.75, 3.05) is 13.2 Å². The first kappa shape index (κ1) is 11.1. The quantitative estimate of drug-likeness (QED) is 0.648. The fourth-order valence-electron chi connectivity index (χ4n) is 0.668. The van der Waals surface area contributed by atoms with Gasteiger partial charge in [0.2, 0.25) is 0 Å². The van der Waals surface area contributed by atoms with Crippen LogP contribution in [-0.2, 0) is 4.43 Å². The molecule has 1 N–H and O–H groups in total. The summed E-state index contributed by atoms with van der Waals surface area (Å²) in [5.74, 6) is 0.335. The van der Waals surface area contributed by atoms with Crippen LogP contribution in [0.5, 0.6) is 0 Å². The first-order valence-corrected chi connectivity index (χ1v) is 7.65. The highest BCUT2D eigenvalue weighted by molar-refractivity contribution is 6.69. The van der Waals surface area contributed by atoms with Gasteiger partial charge in [0, 0.05) is 19.1 Å². The van der Waals surface area contributed by atoms with E-state index in [1.54, 1.807) is 0 Å². The van der Waals surface area contributed by atoms with Gasteiger partial charge in [-0.1, -0.05) is 6.92 Å². The van der Waals surface area contributed by atoms with E-state index in [1.807, 2.05) is 0 Å². The Morgan fingerprint density at radius 3 is 2.18 bits per heavy atom. The van der Waals surface area contributed by atoms with Gasteiger partial charge in [-0.15, -0.1) is 0 Å². The zero-order valence-electron chi connectivity index (χ0n) is 8.05. The van der Waals surface area contributed by atoms with E-state index >= 15 is 0 Å². The van der Waals surface area contributed by atoms with Gasteiger partial charge in [0.1, 0.15) is 0 Å². The molecule has 1 atom stereocenters. The van der Waals surface area contributed by atoms with Crippen LogP contribution < -0.4 is 0 Å². The molecule has 2 nitrogen and oxygen atoms in total. The van der Waals surface area contributed by atoms with Gasteiger partial charge in [-0.25, -0.2) is 0 Å². The van der Waals surface area contributed by atoms with Crippen molar-refractivity contribution in [2.24, 2.45) is 5.92 Å². The van der Waals surface area contributed by atoms with E-state index in [-0.39, 0.29) is 6.61 Å². The average Bonchev–Trinajstić information content (AvgIpc) is 1.88. The smallest absolute Gasteiger partial charge is 0.183 e. The van der Waals surface area contributed by atoms with Crippen molar-refractivity contribution in [3.05, 3.63) is 0 Å². The molecule has 0 heterocycles. The van der Waals surface area contributed by atoms with E-state index in [1.165, 1.54) is 0 Å². The number of hydrogen-bond acceptors (Lipinski definition) is 2. The Labute approximate surface area is 70.7 Å². The molecule has 0 aliphatic rings. The van der Waals surface area contributed by atoms with Crippen molar-refractivity contribution in [1.29, 1.82) is 0 Å². The van der Waals surface area contributed by atoms with Crippen molar-refractivity contribution in [3.8, 4) is 0 Å². The van der Waals surface area contributed by atoms with Crippen molar-refractivity contribution in [3.63, 3.8) is 0 Å². The average molecular weight is 176 g/mol. The molecule has 0 bridgehead atoms. The van der Waals surface area contributed by atoms with E-state index < -0.39 is 8.32 Å². The first-order valence-electron chi connectivity index (χ1n) is 4.24. The minimum Gasteiger partial charge on any atom is -0.417 e. The van der Waals surface area contributed by atoms with E-state index in [0.29, 0.717) is 5.92 Å². The summed E-state index contributed by atoms with van der Waals surface area (Å²) in [6.45, 7) is 9.55. The molecule has 0 saturated heterocycles. The second-order valence-electron chi connectivity index (χ2n) is 3.88. The van der Waals surface area contributed by atoms with Crippen LogP contribution in [0.4, 0.5) is 0 Å². The molecule has 0 aromatic carbocycles. The minimum absolute atomic E-state index is 0.251. The maximum Gasteiger partial charge on any atom is 0.183 e. The van der Waals surface area contributed by atoms with Gasteiger partial charge < -0.3 is 9.53 Å². The molecule has 0 spiro atoms. The molecule has 68 valence electrons. The predicted octanol–water partition coefficient (Wildman–Crippen LogP) is 1.86. The van der Waals surface area contributed by atoms with Gasteiger partial charge in [-0.3, -0.25) is 0 Å². The lowest BCUT2D eigenvalue weighted by atomic mass is 10.1. The summed E-state index contributed by atoms with van der Waals surface area (Å²) in [5, 5.41) is 8.86. The zero-order chi connectivity index (χ0) is 8.91. The highest BCUT2D eigenvalue weighted by Crippen LogP contribution is 2.08. The monoisotopic (exact) mass is 176 g/mol. The summed E-state index contributed by atoms with van der Waals surface area (Å²) in [6, 6.07) is 0. The minimum atomic E-state index is -1.36. The second-order valence-corrected chi connectivity index (χ2v) is 8.39. The standard InChI is InChI=1S/C8H20O2Si/c1-5-8(6-9)7-10-11(2,3)4/h8-9H,5-7H2,1-4H3. The summed E-state index contributed by atoms with van der Waals surface area (Å²) < 4.78 is 5.65. The Morgan fingerprint density at radius 2 is 1.91 bits per heavy atom. The second kappa shape index (κ2) is 4.90. The predicted molar refractivity (Wildman–Crippen MR) is 50.2 cm³/mol. The molecular weight excluding hydrogens is 156 g/mol. The van der Waals surface area contributed by atoms with Crippen LogP contribution in [0.25, 0.3) is 0 Å². The normalized spacial score (nSPS) is 15.0. The largest absolute Gasteiger partial charge is 0.417 e. The first-order chi connectivity index (χ1) is 4.99. The number of aliphatic hydroxyl groups excluding tert-OH is 1. The molecular formula is C8H20O2Si. The molecule has 0 radical (unpaired) electrons. The third-order valence-electron chi connectivity index (χ3n) is 1.59. The summed E-state index contributed by atoms with van der Waals surface area (Å²) in [4.78, 5) is 0. The Balaban J connectivity index is 3.51. The molecule has 0 aromatic heterocycles. The fourth-order valence-corrected chi connectivity index (χ4v) is 1.40. The Kier molecular flexibility index (Phi) is 4.96. The molecule has 0 aliphatic heterocycles. The molecule has 0 fully saturated rings. The number of aliphatic hydroxyl groups is 1. The Hall–Kier alpha value is 0.137. The molecule has 0 saturated carbocycles. The SMILES string of the molecule is CCC(CO)CO[Si](C)(C)C. The van der Waals surface area contributed by atoms with E-state index in [9.17, 15) is 0 Å². The molecule has 0 aliphatic carbocycles. The highest BCUT2D eigenvalue weighted by atomic mass is 28.4. The lowest BCUT2D eigenvalue weighted by molar-refractivity contribution is 0.156. The van der Waals surface area contributed by atoms with Gasteiger partial charge in [-0.2, -0.15) is 0 Å². The Bertz CT molecular complexity index is 94.8. The lowest BCUT2D eigenvalue weighted by Crippen LogP contribution is -2.29. The molecule has 1 unspecified atom stereocenters. The summed E-state index contributed by atoms with van der Waals surface area (Å²) >= 11 is 0. The van der Waals surface area contributed by atoms with Crippen LogP contribution >= 0.6 is 0 Å². The van der Waals surface area contributed by atoms with Gasteiger partial charge in [0.15, 0.2) is 8.32 Å². The number of rotatable bonds is 5. The molecule has 11 heavy (non-hydrogen) atoms. The van der Waals surface area contributed by atoms with Crippen LogP contribution in [0.2, 0.25) is 19.6 Å². The van der Waals surface area contributed by atoms with Crippen LogP contribution in [0, 0.1) is 5.92 Å². The van der Waals surface area contributed by atoms with Gasteiger partial charge >= 0.3 is 0 Å². The van der Waals surface area contributed by atoms with E-state index in [2.05, 4.69) is 26.6 Å². The van der Waals surface area contributed by atoms with Gasteiger partial charge in [-0.05, 0) is 26.1 Å². The lowest BCUT2D eigenvalue weighted by Gasteiger charge is -2.20. The number of hydrogen-bond donors (Lipinski definition) is 1. The van der Waals surface area contributed by atoms with E-state index in [4.69, 9.17) is 9.53 Å². The van der Waals surface area contributed by atoms with Gasteiger partial charge in [0.25, 0.3) is 0 Å². The van der Waals surface area contributed by atoms with Crippen LogP contribution in [-0.4, -0.2) is 26.6 Å². The summed E-state index contributed by atoms with van der Waals surface area (Å²) in [5.41, 5.74) is 0. The highest BCUT2D eigenvalue weighted by Gasteiger charge is 2.16. The molecule has 0 amide bonds. The molecule has 3 heteroatoms. The van der Waals surface area contributed by atoms with Crippen LogP contribution in [0.1, 0.15) is 13.3 Å². The molecule has 0 rings (SSSR count). The topological polar surface area (TPSA) is 29.5 Å². The maximum atomic E-state index is 8.86. The van der Waals surface area contributed by atoms with Gasteiger partial charge in [0.05, 0.1) is 0 Å². The summed E-state index contributed by atoms with van der Waals surface area (Å²) in [7, 11) is -1.36. The van der Waals surface area contributed by atoms with E-state index in [0.717, 1.165) is 13.0 Å². The Morgan fingerprint density at radius 1 is 1.36 bits per heavy atom. The van der Waals surface area contributed by atoms with Crippen LogP contribution in [0.15, 0.2) is 0 Å². The van der Waals surface area contributed by atoms with Crippen LogP contribution in [0.3, 0.4) is 0 Å². The maximum absolute atomic E-state index is 8.86. The fraction of sp³-hybridized carbons (Fsp3) is 1.00.